The van der Waals surface area contributed by atoms with Gasteiger partial charge in [-0.2, -0.15) is 0 Å². The maximum Gasteiger partial charge on any atom is 0.191 e. The van der Waals surface area contributed by atoms with Gasteiger partial charge in [-0.3, -0.25) is 0 Å². The summed E-state index contributed by atoms with van der Waals surface area (Å²) in [6.45, 7) is 6.52. The van der Waals surface area contributed by atoms with Crippen LogP contribution in [0.25, 0.3) is 0 Å². The normalized spacial score (nSPS) is 22.0. The van der Waals surface area contributed by atoms with E-state index in [0.717, 1.165) is 48.1 Å². The highest BCUT2D eigenvalue weighted by atomic mass is 32.2. The van der Waals surface area contributed by atoms with Gasteiger partial charge in [0.25, 0.3) is 0 Å². The van der Waals surface area contributed by atoms with Crippen LogP contribution in [0, 0.1) is 11.8 Å². The molecule has 0 spiro atoms. The van der Waals surface area contributed by atoms with Crippen LogP contribution >= 0.6 is 11.8 Å². The highest BCUT2D eigenvalue weighted by Gasteiger charge is 2.21. The number of hydrogen-bond donors (Lipinski definition) is 2. The maximum atomic E-state index is 4.57. The Bertz CT molecular complexity index is 438. The molecule has 21 heavy (non-hydrogen) atoms. The smallest absolute Gasteiger partial charge is 0.191 e. The molecule has 118 valence electrons. The largest absolute Gasteiger partial charge is 0.370 e. The highest BCUT2D eigenvalue weighted by molar-refractivity contribution is 7.98. The second-order valence-electron chi connectivity index (χ2n) is 5.95. The van der Waals surface area contributed by atoms with Crippen LogP contribution < -0.4 is 10.6 Å². The fourth-order valence-electron chi connectivity index (χ4n) is 2.88. The van der Waals surface area contributed by atoms with Crippen LogP contribution in [0.1, 0.15) is 46.0 Å². The molecule has 1 heterocycles. The van der Waals surface area contributed by atoms with Crippen molar-refractivity contribution in [2.45, 2.75) is 51.1 Å². The molecule has 1 aromatic heterocycles. The van der Waals surface area contributed by atoms with Crippen molar-refractivity contribution in [2.75, 3.05) is 30.0 Å². The SMILES string of the molecule is CCCNc1cc(NCC2CCCCC2C)nc(SC)n1. The average Bonchev–Trinajstić information content (AvgIpc) is 2.52. The highest BCUT2D eigenvalue weighted by Crippen LogP contribution is 2.29. The zero-order valence-corrected chi connectivity index (χ0v) is 14.3. The molecule has 0 amide bonds. The third-order valence-electron chi connectivity index (χ3n) is 4.28. The van der Waals surface area contributed by atoms with Gasteiger partial charge in [-0.15, -0.1) is 0 Å². The van der Waals surface area contributed by atoms with Crippen molar-refractivity contribution >= 4 is 23.4 Å². The van der Waals surface area contributed by atoms with E-state index in [4.69, 9.17) is 0 Å². The van der Waals surface area contributed by atoms with Crippen molar-refractivity contribution in [3.05, 3.63) is 6.07 Å². The molecule has 2 N–H and O–H groups in total. The summed E-state index contributed by atoms with van der Waals surface area (Å²) in [5.74, 6) is 3.48. The lowest BCUT2D eigenvalue weighted by molar-refractivity contribution is 0.268. The molecular formula is C16H28N4S. The van der Waals surface area contributed by atoms with Crippen molar-refractivity contribution in [2.24, 2.45) is 11.8 Å². The molecule has 5 heteroatoms. The number of nitrogens with zero attached hydrogens (tertiary/aromatic N) is 2. The monoisotopic (exact) mass is 308 g/mol. The molecule has 2 rings (SSSR count). The summed E-state index contributed by atoms with van der Waals surface area (Å²) in [6, 6.07) is 2.03. The second-order valence-corrected chi connectivity index (χ2v) is 6.73. The number of aromatic nitrogens is 2. The minimum atomic E-state index is 0.776. The van der Waals surface area contributed by atoms with E-state index in [0.29, 0.717) is 0 Å². The Kier molecular flexibility index (Phi) is 6.61. The Labute approximate surface area is 132 Å². The van der Waals surface area contributed by atoms with E-state index in [2.05, 4.69) is 34.4 Å². The van der Waals surface area contributed by atoms with Gasteiger partial charge >= 0.3 is 0 Å². The first-order valence-corrected chi connectivity index (χ1v) is 9.36. The van der Waals surface area contributed by atoms with Crippen molar-refractivity contribution < 1.29 is 0 Å². The Morgan fingerprint density at radius 3 is 2.57 bits per heavy atom. The molecule has 1 aliphatic carbocycles. The third-order valence-corrected chi connectivity index (χ3v) is 4.83. The van der Waals surface area contributed by atoms with Crippen LogP contribution in [0.5, 0.6) is 0 Å². The predicted octanol–water partition coefficient (Wildman–Crippen LogP) is 4.26. The Balaban J connectivity index is 1.97. The molecule has 1 aliphatic rings. The molecule has 1 fully saturated rings. The molecule has 0 bridgehead atoms. The number of hydrogen-bond acceptors (Lipinski definition) is 5. The molecule has 1 saturated carbocycles. The van der Waals surface area contributed by atoms with Crippen LogP contribution in [-0.4, -0.2) is 29.3 Å². The standard InChI is InChI=1S/C16H28N4S/c1-4-9-17-14-10-15(20-16(19-14)21-3)18-11-13-8-6-5-7-12(13)2/h10,12-13H,4-9,11H2,1-3H3,(H2,17,18,19,20). The summed E-state index contributed by atoms with van der Waals surface area (Å²) in [4.78, 5) is 9.07. The molecule has 1 aromatic rings. The molecule has 0 saturated heterocycles. The summed E-state index contributed by atoms with van der Waals surface area (Å²) in [5.41, 5.74) is 0. The van der Waals surface area contributed by atoms with E-state index in [9.17, 15) is 0 Å². The van der Waals surface area contributed by atoms with Gasteiger partial charge in [0.15, 0.2) is 5.16 Å². The van der Waals surface area contributed by atoms with Gasteiger partial charge in [0.05, 0.1) is 0 Å². The van der Waals surface area contributed by atoms with Gasteiger partial charge < -0.3 is 10.6 Å². The predicted molar refractivity (Wildman–Crippen MR) is 92.2 cm³/mol. The van der Waals surface area contributed by atoms with E-state index >= 15 is 0 Å². The first kappa shape index (κ1) is 16.4. The molecule has 4 nitrogen and oxygen atoms in total. The number of rotatable bonds is 7. The first-order chi connectivity index (χ1) is 10.2. The molecule has 0 aliphatic heterocycles. The first-order valence-electron chi connectivity index (χ1n) is 8.13. The minimum absolute atomic E-state index is 0.776. The fraction of sp³-hybridized carbons (Fsp3) is 0.750. The minimum Gasteiger partial charge on any atom is -0.370 e. The van der Waals surface area contributed by atoms with Crippen molar-refractivity contribution in [3.63, 3.8) is 0 Å². The molecule has 2 unspecified atom stereocenters. The third kappa shape index (κ3) is 5.06. The summed E-state index contributed by atoms with van der Waals surface area (Å²) >= 11 is 1.59. The van der Waals surface area contributed by atoms with Gasteiger partial charge in [-0.25, -0.2) is 9.97 Å². The lowest BCUT2D eigenvalue weighted by Crippen LogP contribution is -2.24. The summed E-state index contributed by atoms with van der Waals surface area (Å²) in [6.07, 6.45) is 8.60. The maximum absolute atomic E-state index is 4.57. The van der Waals surface area contributed by atoms with Crippen molar-refractivity contribution in [1.29, 1.82) is 0 Å². The Hall–Kier alpha value is -0.970. The van der Waals surface area contributed by atoms with E-state index in [1.165, 1.54) is 25.7 Å². The van der Waals surface area contributed by atoms with E-state index in [-0.39, 0.29) is 0 Å². The van der Waals surface area contributed by atoms with Gasteiger partial charge in [0.1, 0.15) is 11.6 Å². The number of nitrogens with one attached hydrogen (secondary N) is 2. The average molecular weight is 308 g/mol. The van der Waals surface area contributed by atoms with Gasteiger partial charge in [-0.05, 0) is 30.9 Å². The number of thioether (sulfide) groups is 1. The fourth-order valence-corrected chi connectivity index (χ4v) is 3.26. The van der Waals surface area contributed by atoms with Crippen LogP contribution in [-0.2, 0) is 0 Å². The van der Waals surface area contributed by atoms with Crippen LogP contribution in [0.4, 0.5) is 11.6 Å². The summed E-state index contributed by atoms with van der Waals surface area (Å²) in [7, 11) is 0. The topological polar surface area (TPSA) is 49.8 Å². The van der Waals surface area contributed by atoms with Gasteiger partial charge in [0.2, 0.25) is 0 Å². The summed E-state index contributed by atoms with van der Waals surface area (Å²) < 4.78 is 0. The Morgan fingerprint density at radius 2 is 1.90 bits per heavy atom. The van der Waals surface area contributed by atoms with E-state index in [1.54, 1.807) is 11.8 Å². The van der Waals surface area contributed by atoms with Gasteiger partial charge in [-0.1, -0.05) is 44.9 Å². The molecular weight excluding hydrogens is 280 g/mol. The van der Waals surface area contributed by atoms with Gasteiger partial charge in [0, 0.05) is 19.2 Å². The number of anilines is 2. The molecule has 0 radical (unpaired) electrons. The quantitative estimate of drug-likeness (QED) is 0.582. The van der Waals surface area contributed by atoms with Crippen LogP contribution in [0.3, 0.4) is 0 Å². The molecule has 0 aromatic carbocycles. The van der Waals surface area contributed by atoms with E-state index in [1.807, 2.05) is 12.3 Å². The zero-order valence-electron chi connectivity index (χ0n) is 13.5. The van der Waals surface area contributed by atoms with Crippen molar-refractivity contribution in [3.8, 4) is 0 Å². The zero-order chi connectivity index (χ0) is 15.1. The lowest BCUT2D eigenvalue weighted by Gasteiger charge is -2.29. The second kappa shape index (κ2) is 8.47. The summed E-state index contributed by atoms with van der Waals surface area (Å²) in [5, 5.41) is 7.71. The Morgan fingerprint density at radius 1 is 1.19 bits per heavy atom. The van der Waals surface area contributed by atoms with Crippen LogP contribution in [0.2, 0.25) is 0 Å². The van der Waals surface area contributed by atoms with E-state index < -0.39 is 0 Å². The van der Waals surface area contributed by atoms with Crippen molar-refractivity contribution in [1.82, 2.24) is 9.97 Å². The van der Waals surface area contributed by atoms with Crippen LogP contribution in [0.15, 0.2) is 11.2 Å². The lowest BCUT2D eigenvalue weighted by atomic mass is 9.80. The molecule has 2 atom stereocenters.